The van der Waals surface area contributed by atoms with Crippen LogP contribution >= 0.6 is 0 Å². The van der Waals surface area contributed by atoms with Crippen molar-refractivity contribution in [1.82, 2.24) is 20.3 Å². The fraction of sp³-hybridized carbons (Fsp3) is 0.769. The maximum Gasteiger partial charge on any atom is 0.245 e. The van der Waals surface area contributed by atoms with Crippen LogP contribution < -0.4 is 5.32 Å². The predicted octanol–water partition coefficient (Wildman–Crippen LogP) is 0.228. The zero-order chi connectivity index (χ0) is 15.5. The van der Waals surface area contributed by atoms with E-state index < -0.39 is 0 Å². The van der Waals surface area contributed by atoms with Crippen molar-refractivity contribution in [2.24, 2.45) is 0 Å². The lowest BCUT2D eigenvalue weighted by Crippen LogP contribution is -2.24. The van der Waals surface area contributed by atoms with Gasteiger partial charge in [-0.3, -0.25) is 4.79 Å². The SMILES string of the molecule is CNC(=O)COCCOCCn1cc(COC(C)C)nn1.[HH]. The predicted molar refractivity (Wildman–Crippen MR) is 77.8 cm³/mol. The van der Waals surface area contributed by atoms with E-state index >= 15 is 0 Å². The van der Waals surface area contributed by atoms with Crippen LogP contribution in [0.15, 0.2) is 6.20 Å². The number of rotatable bonds is 11. The number of hydrogen-bond donors (Lipinski definition) is 1. The van der Waals surface area contributed by atoms with Gasteiger partial charge in [-0.1, -0.05) is 5.21 Å². The van der Waals surface area contributed by atoms with Crippen LogP contribution in [0.1, 0.15) is 21.0 Å². The summed E-state index contributed by atoms with van der Waals surface area (Å²) in [6.45, 7) is 6.43. The van der Waals surface area contributed by atoms with E-state index in [0.717, 1.165) is 5.69 Å². The number of amides is 1. The lowest BCUT2D eigenvalue weighted by molar-refractivity contribution is -0.125. The number of carbonyl (C=O) groups is 1. The largest absolute Gasteiger partial charge is 0.377 e. The van der Waals surface area contributed by atoms with Gasteiger partial charge in [-0.15, -0.1) is 5.10 Å². The summed E-state index contributed by atoms with van der Waals surface area (Å²) in [7, 11) is 1.57. The van der Waals surface area contributed by atoms with Crippen molar-refractivity contribution in [3.63, 3.8) is 0 Å². The summed E-state index contributed by atoms with van der Waals surface area (Å²) in [5.41, 5.74) is 0.803. The van der Waals surface area contributed by atoms with Crippen LogP contribution in [0.2, 0.25) is 0 Å². The molecule has 8 heteroatoms. The molecule has 0 aliphatic heterocycles. The van der Waals surface area contributed by atoms with Crippen molar-refractivity contribution >= 4 is 5.91 Å². The molecule has 1 rings (SSSR count). The lowest BCUT2D eigenvalue weighted by Gasteiger charge is -2.05. The molecule has 1 aromatic heterocycles. The molecule has 0 aliphatic rings. The molecule has 0 saturated heterocycles. The third-order valence-corrected chi connectivity index (χ3v) is 2.50. The summed E-state index contributed by atoms with van der Waals surface area (Å²) in [4.78, 5) is 10.9. The zero-order valence-electron chi connectivity index (χ0n) is 12.9. The molecule has 1 N–H and O–H groups in total. The molecule has 0 spiro atoms. The number of ether oxygens (including phenoxy) is 3. The van der Waals surface area contributed by atoms with E-state index in [0.29, 0.717) is 33.0 Å². The van der Waals surface area contributed by atoms with E-state index in [2.05, 4.69) is 15.6 Å². The average Bonchev–Trinajstić information content (AvgIpc) is 2.91. The Kier molecular flexibility index (Phi) is 8.56. The smallest absolute Gasteiger partial charge is 0.245 e. The minimum Gasteiger partial charge on any atom is -0.377 e. The quantitative estimate of drug-likeness (QED) is 0.589. The van der Waals surface area contributed by atoms with Gasteiger partial charge in [0, 0.05) is 8.47 Å². The van der Waals surface area contributed by atoms with Gasteiger partial charge in [0.05, 0.1) is 45.3 Å². The Balaban J connectivity index is 0.00000441. The fourth-order valence-corrected chi connectivity index (χ4v) is 1.38. The summed E-state index contributed by atoms with van der Waals surface area (Å²) < 4.78 is 17.6. The first kappa shape index (κ1) is 17.5. The van der Waals surface area contributed by atoms with Crippen LogP contribution in [0.4, 0.5) is 0 Å². The van der Waals surface area contributed by atoms with Crippen LogP contribution in [0.25, 0.3) is 0 Å². The van der Waals surface area contributed by atoms with Crippen LogP contribution in [0.5, 0.6) is 0 Å². The molecule has 122 valence electrons. The molecule has 8 nitrogen and oxygen atoms in total. The lowest BCUT2D eigenvalue weighted by atomic mass is 10.4. The summed E-state index contributed by atoms with van der Waals surface area (Å²) >= 11 is 0. The van der Waals surface area contributed by atoms with Gasteiger partial charge in [-0.2, -0.15) is 0 Å². The maximum absolute atomic E-state index is 10.9. The van der Waals surface area contributed by atoms with Crippen LogP contribution in [0, 0.1) is 0 Å². The Morgan fingerprint density at radius 1 is 1.38 bits per heavy atom. The molecule has 0 bridgehead atoms. The fourth-order valence-electron chi connectivity index (χ4n) is 1.38. The molecule has 0 aliphatic carbocycles. The molecular weight excluding hydrogens is 276 g/mol. The highest BCUT2D eigenvalue weighted by atomic mass is 16.5. The van der Waals surface area contributed by atoms with Crippen molar-refractivity contribution in [3.8, 4) is 0 Å². The Morgan fingerprint density at radius 3 is 2.86 bits per heavy atom. The highest BCUT2D eigenvalue weighted by molar-refractivity contribution is 5.76. The number of nitrogens with zero attached hydrogens (tertiary/aromatic N) is 3. The third kappa shape index (κ3) is 8.38. The standard InChI is InChI=1S/C13H24N4O4.H2/c1-11(2)21-9-12-8-17(16-15-12)4-5-19-6-7-20-10-13(18)14-3;/h8,11H,4-7,9-10H2,1-3H3,(H,14,18);1H. The molecule has 0 radical (unpaired) electrons. The molecule has 21 heavy (non-hydrogen) atoms. The van der Waals surface area contributed by atoms with Crippen molar-refractivity contribution < 1.29 is 20.4 Å². The maximum atomic E-state index is 10.9. The third-order valence-electron chi connectivity index (χ3n) is 2.50. The number of hydrogen-bond acceptors (Lipinski definition) is 6. The summed E-state index contributed by atoms with van der Waals surface area (Å²) in [5, 5.41) is 10.5. The van der Waals surface area contributed by atoms with Crippen molar-refractivity contribution in [2.75, 3.05) is 33.5 Å². The van der Waals surface area contributed by atoms with E-state index in [1.165, 1.54) is 0 Å². The van der Waals surface area contributed by atoms with Gasteiger partial charge in [0.15, 0.2) is 0 Å². The van der Waals surface area contributed by atoms with Gasteiger partial charge in [-0.25, -0.2) is 4.68 Å². The zero-order valence-corrected chi connectivity index (χ0v) is 12.9. The normalized spacial score (nSPS) is 11.0. The highest BCUT2D eigenvalue weighted by Crippen LogP contribution is 1.99. The van der Waals surface area contributed by atoms with Gasteiger partial charge < -0.3 is 19.5 Å². The van der Waals surface area contributed by atoms with E-state index in [1.54, 1.807) is 11.7 Å². The second kappa shape index (κ2) is 10.3. The highest BCUT2D eigenvalue weighted by Gasteiger charge is 2.02. The van der Waals surface area contributed by atoms with Crippen LogP contribution in [0.3, 0.4) is 0 Å². The van der Waals surface area contributed by atoms with Crippen LogP contribution in [-0.4, -0.2) is 60.5 Å². The van der Waals surface area contributed by atoms with E-state index in [9.17, 15) is 4.79 Å². The summed E-state index contributed by atoms with van der Waals surface area (Å²) in [6, 6.07) is 0. The van der Waals surface area contributed by atoms with Crippen molar-refractivity contribution in [1.29, 1.82) is 0 Å². The first-order valence-electron chi connectivity index (χ1n) is 6.98. The molecule has 0 atom stereocenters. The first-order chi connectivity index (χ1) is 10.1. The van der Waals surface area contributed by atoms with Gasteiger partial charge in [0.25, 0.3) is 0 Å². The molecule has 0 fully saturated rings. The van der Waals surface area contributed by atoms with E-state index in [4.69, 9.17) is 14.2 Å². The van der Waals surface area contributed by atoms with Crippen molar-refractivity contribution in [3.05, 3.63) is 11.9 Å². The van der Waals surface area contributed by atoms with Gasteiger partial charge in [0.1, 0.15) is 12.3 Å². The van der Waals surface area contributed by atoms with Gasteiger partial charge >= 0.3 is 0 Å². The molecule has 0 aromatic carbocycles. The Labute approximate surface area is 126 Å². The molecule has 0 unspecified atom stereocenters. The second-order valence-corrected chi connectivity index (χ2v) is 4.67. The molecule has 0 saturated carbocycles. The Morgan fingerprint density at radius 2 is 2.14 bits per heavy atom. The number of likely N-dealkylation sites (N-methyl/N-ethyl adjacent to an activating group) is 1. The molecule has 1 amide bonds. The molecule has 1 aromatic rings. The summed E-state index contributed by atoms with van der Waals surface area (Å²) in [5.74, 6) is -0.145. The molecule has 1 heterocycles. The van der Waals surface area contributed by atoms with Crippen LogP contribution in [-0.2, 0) is 32.2 Å². The van der Waals surface area contributed by atoms with Gasteiger partial charge in [-0.05, 0) is 13.8 Å². The van der Waals surface area contributed by atoms with Gasteiger partial charge in [0.2, 0.25) is 5.91 Å². The minimum atomic E-state index is -0.145. The topological polar surface area (TPSA) is 87.5 Å². The number of carbonyl (C=O) groups excluding carboxylic acids is 1. The minimum absolute atomic E-state index is 0. The van der Waals surface area contributed by atoms with E-state index in [1.807, 2.05) is 20.0 Å². The van der Waals surface area contributed by atoms with E-state index in [-0.39, 0.29) is 20.0 Å². The molecular formula is C13H26N4O4. The number of nitrogens with one attached hydrogen (secondary N) is 1. The monoisotopic (exact) mass is 302 g/mol. The first-order valence-corrected chi connectivity index (χ1v) is 6.98. The second-order valence-electron chi connectivity index (χ2n) is 4.67. The number of aromatic nitrogens is 3. The average molecular weight is 302 g/mol. The summed E-state index contributed by atoms with van der Waals surface area (Å²) in [6.07, 6.45) is 2.02. The van der Waals surface area contributed by atoms with Crippen molar-refractivity contribution in [2.45, 2.75) is 33.1 Å². The Hall–Kier alpha value is -1.51. The Bertz CT molecular complexity index is 414.